The lowest BCUT2D eigenvalue weighted by Gasteiger charge is -2.26. The Hall–Kier alpha value is -9.71. The van der Waals surface area contributed by atoms with E-state index in [0.717, 1.165) is 78.8 Å². The van der Waals surface area contributed by atoms with Gasteiger partial charge in [-0.25, -0.2) is 4.79 Å². The van der Waals surface area contributed by atoms with Crippen LogP contribution in [0.5, 0.6) is 0 Å². The molecule has 0 unspecified atom stereocenters. The molecule has 12 rings (SSSR count). The SMILES string of the molecule is O=c1n(-c2cccc(-c3ccc(N(c4ccccc4)c4ccc(-c5ccccc5)cc4)cc3)c2)c2ccccc2n1-c1cccc(-c2ccc(N(c3ccccc3)c3ccc(-c4ccccc4)cc3)cc2)c1. The lowest BCUT2D eigenvalue weighted by molar-refractivity contribution is 0.931. The largest absolute Gasteiger partial charge is 0.338 e. The van der Waals surface area contributed by atoms with Crippen LogP contribution in [-0.4, -0.2) is 9.13 Å². The molecule has 0 saturated heterocycles. The molecule has 0 aliphatic rings. The van der Waals surface area contributed by atoms with Gasteiger partial charge in [0.15, 0.2) is 0 Å². The summed E-state index contributed by atoms with van der Waals surface area (Å²) < 4.78 is 3.66. The zero-order chi connectivity index (χ0) is 48.2. The van der Waals surface area contributed by atoms with Crippen LogP contribution in [0.4, 0.5) is 34.1 Å². The molecule has 5 heteroatoms. The molecule has 1 heterocycles. The first-order chi connectivity index (χ1) is 35.6. The number of nitrogens with zero attached hydrogens (tertiary/aromatic N) is 4. The Balaban J connectivity index is 0.841. The molecule has 0 amide bonds. The van der Waals surface area contributed by atoms with E-state index in [0.29, 0.717) is 0 Å². The van der Waals surface area contributed by atoms with Gasteiger partial charge in [0.05, 0.1) is 22.4 Å². The van der Waals surface area contributed by atoms with E-state index in [1.54, 1.807) is 0 Å². The van der Waals surface area contributed by atoms with E-state index in [2.05, 4.69) is 228 Å². The molecule has 1 aromatic heterocycles. The number of hydrogen-bond donors (Lipinski definition) is 0. The molecule has 11 aromatic carbocycles. The molecule has 0 aliphatic heterocycles. The van der Waals surface area contributed by atoms with E-state index in [1.807, 2.05) is 81.9 Å². The molecule has 0 atom stereocenters. The molecule has 12 aromatic rings. The maximum Gasteiger partial charge on any atom is 0.338 e. The number of hydrogen-bond acceptors (Lipinski definition) is 3. The average molecular weight is 925 g/mol. The number of aromatic nitrogens is 2. The monoisotopic (exact) mass is 924 g/mol. The topological polar surface area (TPSA) is 33.4 Å². The summed E-state index contributed by atoms with van der Waals surface area (Å²) in [5.41, 5.74) is 18.4. The highest BCUT2D eigenvalue weighted by Crippen LogP contribution is 2.39. The van der Waals surface area contributed by atoms with Gasteiger partial charge in [-0.3, -0.25) is 9.13 Å². The summed E-state index contributed by atoms with van der Waals surface area (Å²) in [4.78, 5) is 19.4. The number of imidazole rings is 1. The highest BCUT2D eigenvalue weighted by molar-refractivity contribution is 5.84. The molecule has 72 heavy (non-hydrogen) atoms. The Bertz CT molecular complexity index is 3580. The smallest absolute Gasteiger partial charge is 0.311 e. The summed E-state index contributed by atoms with van der Waals surface area (Å²) in [6.07, 6.45) is 0. The zero-order valence-electron chi connectivity index (χ0n) is 39.4. The van der Waals surface area contributed by atoms with Crippen molar-refractivity contribution in [3.63, 3.8) is 0 Å². The minimum atomic E-state index is -0.134. The second-order valence-electron chi connectivity index (χ2n) is 17.8. The van der Waals surface area contributed by atoms with E-state index in [1.165, 1.54) is 22.3 Å². The fourth-order valence-corrected chi connectivity index (χ4v) is 9.82. The Labute approximate surface area is 419 Å². The van der Waals surface area contributed by atoms with Crippen molar-refractivity contribution in [2.24, 2.45) is 0 Å². The third-order valence-corrected chi connectivity index (χ3v) is 13.4. The molecule has 0 bridgehead atoms. The van der Waals surface area contributed by atoms with Crippen LogP contribution in [0.25, 0.3) is 66.9 Å². The van der Waals surface area contributed by atoms with E-state index in [9.17, 15) is 4.79 Å². The lowest BCUT2D eigenvalue weighted by Crippen LogP contribution is -2.22. The summed E-state index contributed by atoms with van der Waals surface area (Å²) in [6, 6.07) is 101. The van der Waals surface area contributed by atoms with E-state index >= 15 is 0 Å². The molecule has 342 valence electrons. The molecule has 0 radical (unpaired) electrons. The van der Waals surface area contributed by atoms with Gasteiger partial charge in [-0.2, -0.15) is 0 Å². The van der Waals surface area contributed by atoms with Crippen molar-refractivity contribution in [2.45, 2.75) is 0 Å². The van der Waals surface area contributed by atoms with Gasteiger partial charge in [-0.05, 0) is 154 Å². The molecule has 0 saturated carbocycles. The second-order valence-corrected chi connectivity index (χ2v) is 17.8. The van der Waals surface area contributed by atoms with Crippen molar-refractivity contribution in [1.82, 2.24) is 9.13 Å². The van der Waals surface area contributed by atoms with Crippen LogP contribution in [0.1, 0.15) is 0 Å². The van der Waals surface area contributed by atoms with Crippen molar-refractivity contribution >= 4 is 45.2 Å². The summed E-state index contributed by atoms with van der Waals surface area (Å²) in [5, 5.41) is 0. The molecule has 0 N–H and O–H groups in total. The van der Waals surface area contributed by atoms with Crippen LogP contribution in [0, 0.1) is 0 Å². The number of para-hydroxylation sites is 4. The Morgan fingerprint density at radius 1 is 0.222 bits per heavy atom. The molecule has 0 spiro atoms. The fraction of sp³-hybridized carbons (Fsp3) is 0. The van der Waals surface area contributed by atoms with Crippen molar-refractivity contribution in [3.8, 4) is 55.9 Å². The quantitative estimate of drug-likeness (QED) is 0.122. The van der Waals surface area contributed by atoms with Gasteiger partial charge in [0, 0.05) is 34.1 Å². The van der Waals surface area contributed by atoms with E-state index in [4.69, 9.17) is 0 Å². The average Bonchev–Trinajstić information content (AvgIpc) is 3.76. The summed E-state index contributed by atoms with van der Waals surface area (Å²) in [7, 11) is 0. The first-order valence-corrected chi connectivity index (χ1v) is 24.3. The van der Waals surface area contributed by atoms with Gasteiger partial charge >= 0.3 is 5.69 Å². The number of benzene rings is 11. The van der Waals surface area contributed by atoms with Crippen LogP contribution in [0.3, 0.4) is 0 Å². The fourth-order valence-electron chi connectivity index (χ4n) is 9.82. The van der Waals surface area contributed by atoms with Crippen molar-refractivity contribution < 1.29 is 0 Å². The third kappa shape index (κ3) is 8.57. The normalized spacial score (nSPS) is 11.1. The van der Waals surface area contributed by atoms with E-state index < -0.39 is 0 Å². The van der Waals surface area contributed by atoms with Crippen LogP contribution in [-0.2, 0) is 0 Å². The Kier molecular flexibility index (Phi) is 11.7. The van der Waals surface area contributed by atoms with Gasteiger partial charge in [-0.15, -0.1) is 0 Å². The molecular formula is C67H48N4O. The first kappa shape index (κ1) is 43.6. The molecule has 0 aliphatic carbocycles. The lowest BCUT2D eigenvalue weighted by atomic mass is 10.0. The third-order valence-electron chi connectivity index (χ3n) is 13.4. The van der Waals surface area contributed by atoms with Crippen molar-refractivity contribution in [3.05, 3.63) is 302 Å². The standard InChI is InChI=1S/C67H48N4O/c72-67-70(63-27-15-21-55(47-63)53-35-43-61(44-36-53)68(57-23-9-3-10-24-57)59-39-31-51(32-40-59)49-17-5-1-6-18-49)65-29-13-14-30-66(65)71(67)64-28-16-22-56(48-64)54-37-45-62(46-38-54)69(58-25-11-4-12-26-58)60-41-33-52(34-42-60)50-19-7-2-8-20-50/h1-48H. The van der Waals surface area contributed by atoms with E-state index in [-0.39, 0.29) is 5.69 Å². The highest BCUT2D eigenvalue weighted by Gasteiger charge is 2.19. The molecule has 5 nitrogen and oxygen atoms in total. The van der Waals surface area contributed by atoms with Gasteiger partial charge in [-0.1, -0.05) is 182 Å². The predicted octanol–water partition coefficient (Wildman–Crippen LogP) is 17.4. The highest BCUT2D eigenvalue weighted by atomic mass is 16.1. The summed E-state index contributed by atoms with van der Waals surface area (Å²) >= 11 is 0. The Morgan fingerprint density at radius 2 is 0.472 bits per heavy atom. The maximum absolute atomic E-state index is 14.9. The minimum Gasteiger partial charge on any atom is -0.311 e. The van der Waals surface area contributed by atoms with Crippen molar-refractivity contribution in [2.75, 3.05) is 9.80 Å². The minimum absolute atomic E-state index is 0.134. The van der Waals surface area contributed by atoms with Crippen LogP contribution < -0.4 is 15.5 Å². The van der Waals surface area contributed by atoms with Crippen LogP contribution >= 0.6 is 0 Å². The van der Waals surface area contributed by atoms with Gasteiger partial charge < -0.3 is 9.80 Å². The number of anilines is 6. The molecule has 0 fully saturated rings. The van der Waals surface area contributed by atoms with Gasteiger partial charge in [0.2, 0.25) is 0 Å². The predicted molar refractivity (Wildman–Crippen MR) is 300 cm³/mol. The van der Waals surface area contributed by atoms with Gasteiger partial charge in [0.25, 0.3) is 0 Å². The van der Waals surface area contributed by atoms with Crippen LogP contribution in [0.2, 0.25) is 0 Å². The second kappa shape index (κ2) is 19.4. The summed E-state index contributed by atoms with van der Waals surface area (Å²) in [5.74, 6) is 0. The van der Waals surface area contributed by atoms with Crippen LogP contribution in [0.15, 0.2) is 296 Å². The molecular weight excluding hydrogens is 877 g/mol. The summed E-state index contributed by atoms with van der Waals surface area (Å²) in [6.45, 7) is 0. The number of rotatable bonds is 12. The maximum atomic E-state index is 14.9. The van der Waals surface area contributed by atoms with Gasteiger partial charge in [0.1, 0.15) is 0 Å². The first-order valence-electron chi connectivity index (χ1n) is 24.3. The Morgan fingerprint density at radius 3 is 0.806 bits per heavy atom. The number of fused-ring (bicyclic) bond motifs is 1. The zero-order valence-corrected chi connectivity index (χ0v) is 39.4. The van der Waals surface area contributed by atoms with Crippen molar-refractivity contribution in [1.29, 1.82) is 0 Å².